The van der Waals surface area contributed by atoms with Crippen LogP contribution in [0.4, 0.5) is 9.52 Å². The normalized spacial score (nSPS) is 11.9. The van der Waals surface area contributed by atoms with E-state index in [4.69, 9.17) is 4.42 Å². The van der Waals surface area contributed by atoms with Gasteiger partial charge in [-0.15, -0.1) is 10.2 Å². The summed E-state index contributed by atoms with van der Waals surface area (Å²) in [6, 6.07) is 9.69. The maximum Gasteiger partial charge on any atom is 0.231 e. The van der Waals surface area contributed by atoms with Gasteiger partial charge in [0.25, 0.3) is 0 Å². The van der Waals surface area contributed by atoms with E-state index in [-0.39, 0.29) is 23.5 Å². The minimum atomic E-state index is -0.261. The van der Waals surface area contributed by atoms with Crippen molar-refractivity contribution in [2.24, 2.45) is 0 Å². The van der Waals surface area contributed by atoms with Crippen molar-refractivity contribution in [2.45, 2.75) is 23.8 Å². The Hall–Kier alpha value is -2.39. The highest BCUT2D eigenvalue weighted by molar-refractivity contribution is 8.01. The molecule has 2 heterocycles. The minimum absolute atomic E-state index is 0.102. The van der Waals surface area contributed by atoms with E-state index in [1.807, 2.05) is 13.0 Å². The second kappa shape index (κ2) is 8.81. The molecule has 3 rings (SSSR count). The molecule has 0 spiro atoms. The molecule has 0 saturated heterocycles. The second-order valence-electron chi connectivity index (χ2n) is 5.45. The fraction of sp³-hybridized carbons (Fsp3) is 0.235. The van der Waals surface area contributed by atoms with Crippen molar-refractivity contribution in [2.75, 3.05) is 11.1 Å². The molecule has 0 fully saturated rings. The number of halogens is 1. The third-order valence-corrected chi connectivity index (χ3v) is 5.45. The third kappa shape index (κ3) is 5.30. The van der Waals surface area contributed by atoms with Crippen molar-refractivity contribution in [3.63, 3.8) is 0 Å². The van der Waals surface area contributed by atoms with Crippen LogP contribution in [0.1, 0.15) is 24.3 Å². The van der Waals surface area contributed by atoms with Gasteiger partial charge < -0.3 is 15.1 Å². The smallest absolute Gasteiger partial charge is 0.231 e. The van der Waals surface area contributed by atoms with E-state index in [1.54, 1.807) is 24.5 Å². The number of rotatable bonds is 8. The van der Waals surface area contributed by atoms with E-state index in [0.717, 1.165) is 5.56 Å². The zero-order valence-electron chi connectivity index (χ0n) is 13.9. The number of nitrogens with zero attached hydrogens (tertiary/aromatic N) is 2. The topological polar surface area (TPSA) is 80.0 Å². The summed E-state index contributed by atoms with van der Waals surface area (Å²) in [5.74, 6) is 0.599. The van der Waals surface area contributed by atoms with Crippen LogP contribution in [-0.2, 0) is 11.3 Å². The first kappa shape index (κ1) is 18.4. The molecule has 0 radical (unpaired) electrons. The lowest BCUT2D eigenvalue weighted by Crippen LogP contribution is -2.27. The molecule has 1 amide bonds. The molecule has 1 aromatic carbocycles. The molecule has 9 heteroatoms. The van der Waals surface area contributed by atoms with E-state index in [9.17, 15) is 9.18 Å². The quantitative estimate of drug-likeness (QED) is 0.567. The van der Waals surface area contributed by atoms with E-state index in [2.05, 4.69) is 20.8 Å². The van der Waals surface area contributed by atoms with Crippen LogP contribution in [0.25, 0.3) is 0 Å². The van der Waals surface area contributed by atoms with E-state index in [1.165, 1.54) is 35.2 Å². The fourth-order valence-corrected chi connectivity index (χ4v) is 3.70. The van der Waals surface area contributed by atoms with Gasteiger partial charge in [0.05, 0.1) is 18.1 Å². The molecule has 2 N–H and O–H groups in total. The van der Waals surface area contributed by atoms with Crippen LogP contribution in [0, 0.1) is 5.82 Å². The number of amides is 1. The second-order valence-corrected chi connectivity index (χ2v) is 7.65. The summed E-state index contributed by atoms with van der Waals surface area (Å²) in [5.41, 5.74) is 0.946. The Balaban J connectivity index is 1.43. The molecule has 3 aromatic rings. The summed E-state index contributed by atoms with van der Waals surface area (Å²) in [4.78, 5) is 12.0. The molecule has 0 saturated carbocycles. The number of hydrogen-bond donors (Lipinski definition) is 2. The highest BCUT2D eigenvalue weighted by Gasteiger charge is 2.13. The molecule has 1 unspecified atom stereocenters. The number of anilines is 1. The zero-order chi connectivity index (χ0) is 18.4. The number of aromatic nitrogens is 2. The molecule has 6 nitrogen and oxygen atoms in total. The van der Waals surface area contributed by atoms with Gasteiger partial charge in [-0.3, -0.25) is 4.79 Å². The minimum Gasteiger partial charge on any atom is -0.467 e. The highest BCUT2D eigenvalue weighted by Crippen LogP contribution is 2.26. The molecule has 0 bridgehead atoms. The van der Waals surface area contributed by atoms with Crippen molar-refractivity contribution >= 4 is 34.1 Å². The first-order valence-electron chi connectivity index (χ1n) is 7.87. The Morgan fingerprint density at radius 2 is 2.12 bits per heavy atom. The van der Waals surface area contributed by atoms with Gasteiger partial charge in [0, 0.05) is 6.54 Å². The number of benzene rings is 1. The van der Waals surface area contributed by atoms with Crippen LogP contribution in [0.5, 0.6) is 0 Å². The van der Waals surface area contributed by atoms with Gasteiger partial charge in [-0.25, -0.2) is 4.39 Å². The van der Waals surface area contributed by atoms with Crippen LogP contribution >= 0.6 is 23.1 Å². The van der Waals surface area contributed by atoms with Gasteiger partial charge in [-0.1, -0.05) is 35.2 Å². The third-order valence-electron chi connectivity index (χ3n) is 3.44. The molecule has 26 heavy (non-hydrogen) atoms. The maximum absolute atomic E-state index is 12.9. The lowest BCUT2D eigenvalue weighted by molar-refractivity contribution is -0.119. The number of carbonyl (C=O) groups is 1. The van der Waals surface area contributed by atoms with Crippen LogP contribution in [-0.4, -0.2) is 21.9 Å². The predicted molar refractivity (Wildman–Crippen MR) is 99.6 cm³/mol. The average Bonchev–Trinajstić information content (AvgIpc) is 3.31. The summed E-state index contributed by atoms with van der Waals surface area (Å²) in [6.07, 6.45) is 1.58. The lowest BCUT2D eigenvalue weighted by Gasteiger charge is -2.10. The van der Waals surface area contributed by atoms with Gasteiger partial charge in [0.15, 0.2) is 4.34 Å². The average molecular weight is 392 g/mol. The zero-order valence-corrected chi connectivity index (χ0v) is 15.6. The predicted octanol–water partition coefficient (Wildman–Crippen LogP) is 3.85. The van der Waals surface area contributed by atoms with Gasteiger partial charge in [0.2, 0.25) is 11.0 Å². The Bertz CT molecular complexity index is 837. The molecule has 1 atom stereocenters. The number of hydrogen-bond acceptors (Lipinski definition) is 7. The van der Waals surface area contributed by atoms with Crippen LogP contribution < -0.4 is 10.6 Å². The summed E-state index contributed by atoms with van der Waals surface area (Å²) >= 11 is 2.70. The van der Waals surface area contributed by atoms with Gasteiger partial charge in [-0.2, -0.15) is 0 Å². The molecule has 0 aliphatic carbocycles. The van der Waals surface area contributed by atoms with E-state index < -0.39 is 0 Å². The number of carbonyl (C=O) groups excluding carboxylic acids is 1. The van der Waals surface area contributed by atoms with Crippen molar-refractivity contribution in [3.05, 3.63) is 59.8 Å². The Morgan fingerprint density at radius 3 is 2.85 bits per heavy atom. The van der Waals surface area contributed by atoms with Crippen molar-refractivity contribution in [1.82, 2.24) is 15.5 Å². The highest BCUT2D eigenvalue weighted by atomic mass is 32.2. The van der Waals surface area contributed by atoms with Crippen molar-refractivity contribution < 1.29 is 13.6 Å². The molecule has 0 aliphatic heterocycles. The van der Waals surface area contributed by atoms with Crippen LogP contribution in [0.15, 0.2) is 51.4 Å². The maximum atomic E-state index is 12.9. The standard InChI is InChI=1S/C17H17FN4O2S2/c1-11(14-3-2-8-24-14)20-15(23)10-25-17-22-21-16(26-17)19-9-12-4-6-13(18)7-5-12/h2-8,11H,9-10H2,1H3,(H,19,21)(H,20,23). The summed E-state index contributed by atoms with van der Waals surface area (Å²) < 4.78 is 18.8. The van der Waals surface area contributed by atoms with E-state index in [0.29, 0.717) is 21.8 Å². The Kier molecular flexibility index (Phi) is 6.24. The van der Waals surface area contributed by atoms with Crippen LogP contribution in [0.2, 0.25) is 0 Å². The molecular weight excluding hydrogens is 375 g/mol. The monoisotopic (exact) mass is 392 g/mol. The number of thioether (sulfide) groups is 1. The molecule has 0 aliphatic rings. The Morgan fingerprint density at radius 1 is 1.31 bits per heavy atom. The van der Waals surface area contributed by atoms with Gasteiger partial charge >= 0.3 is 0 Å². The molecule has 136 valence electrons. The molecular formula is C17H17FN4O2S2. The number of nitrogens with one attached hydrogen (secondary N) is 2. The summed E-state index contributed by atoms with van der Waals surface area (Å²) in [6.45, 7) is 2.39. The summed E-state index contributed by atoms with van der Waals surface area (Å²) in [5, 5.41) is 14.8. The van der Waals surface area contributed by atoms with E-state index >= 15 is 0 Å². The Labute approximate surface area is 158 Å². The largest absolute Gasteiger partial charge is 0.467 e. The van der Waals surface area contributed by atoms with Crippen molar-refractivity contribution in [3.8, 4) is 0 Å². The fourth-order valence-electron chi connectivity index (χ4n) is 2.14. The number of furan rings is 1. The van der Waals surface area contributed by atoms with Crippen molar-refractivity contribution in [1.29, 1.82) is 0 Å². The summed E-state index contributed by atoms with van der Waals surface area (Å²) in [7, 11) is 0. The lowest BCUT2D eigenvalue weighted by atomic mass is 10.2. The van der Waals surface area contributed by atoms with Gasteiger partial charge in [0.1, 0.15) is 11.6 Å². The first-order chi connectivity index (χ1) is 12.6. The first-order valence-corrected chi connectivity index (χ1v) is 9.68. The van der Waals surface area contributed by atoms with Gasteiger partial charge in [-0.05, 0) is 36.8 Å². The SMILES string of the molecule is CC(NC(=O)CSc1nnc(NCc2ccc(F)cc2)s1)c1ccco1. The molecule has 2 aromatic heterocycles. The van der Waals surface area contributed by atoms with Crippen LogP contribution in [0.3, 0.4) is 0 Å².